The number of hydrogen-bond donors (Lipinski definition) is 1. The number of benzene rings is 1. The number of nitrogens with one attached hydrogen (secondary N) is 1. The molecule has 0 aliphatic heterocycles. The minimum absolute atomic E-state index is 0.0885. The fourth-order valence-electron chi connectivity index (χ4n) is 5.98. The van der Waals surface area contributed by atoms with E-state index in [1.54, 1.807) is 32.2 Å². The van der Waals surface area contributed by atoms with Crippen molar-refractivity contribution >= 4 is 11.9 Å². The molecule has 0 radical (unpaired) electrons. The van der Waals surface area contributed by atoms with Gasteiger partial charge in [-0.25, -0.2) is 4.79 Å². The first-order chi connectivity index (χ1) is 13.9. The molecule has 6 heteroatoms. The predicted octanol–water partition coefficient (Wildman–Crippen LogP) is 3.72. The summed E-state index contributed by atoms with van der Waals surface area (Å²) in [6.07, 6.45) is 6.33. The van der Waals surface area contributed by atoms with Crippen LogP contribution in [0.15, 0.2) is 18.2 Å². The van der Waals surface area contributed by atoms with Crippen LogP contribution < -0.4 is 14.8 Å². The van der Waals surface area contributed by atoms with Gasteiger partial charge in [0, 0.05) is 5.54 Å². The van der Waals surface area contributed by atoms with E-state index in [2.05, 4.69) is 5.32 Å². The Labute approximate surface area is 172 Å². The molecule has 0 unspecified atom stereocenters. The van der Waals surface area contributed by atoms with E-state index >= 15 is 0 Å². The van der Waals surface area contributed by atoms with E-state index in [1.807, 2.05) is 6.92 Å². The van der Waals surface area contributed by atoms with Crippen LogP contribution in [0.2, 0.25) is 0 Å². The van der Waals surface area contributed by atoms with Gasteiger partial charge in [-0.3, -0.25) is 4.79 Å². The minimum Gasteiger partial charge on any atom is -0.493 e. The van der Waals surface area contributed by atoms with E-state index in [0.717, 1.165) is 37.0 Å². The van der Waals surface area contributed by atoms with Crippen LogP contribution in [-0.2, 0) is 9.53 Å². The molecule has 29 heavy (non-hydrogen) atoms. The first-order valence-corrected chi connectivity index (χ1v) is 10.7. The fourth-order valence-corrected chi connectivity index (χ4v) is 5.98. The zero-order chi connectivity index (χ0) is 20.6. The number of ether oxygens (including phenoxy) is 3. The summed E-state index contributed by atoms with van der Waals surface area (Å²) in [7, 11) is 1.55. The van der Waals surface area contributed by atoms with Crippen LogP contribution >= 0.6 is 0 Å². The number of amides is 1. The molecule has 5 rings (SSSR count). The normalized spacial score (nSPS) is 30.5. The Morgan fingerprint density at radius 3 is 2.28 bits per heavy atom. The maximum Gasteiger partial charge on any atom is 0.339 e. The van der Waals surface area contributed by atoms with Crippen LogP contribution in [0.5, 0.6) is 11.5 Å². The Morgan fingerprint density at radius 2 is 1.72 bits per heavy atom. The molecule has 4 saturated carbocycles. The number of methoxy groups -OCH3 is 1. The monoisotopic (exact) mass is 401 g/mol. The number of carbonyl (C=O) groups excluding carboxylic acids is 2. The van der Waals surface area contributed by atoms with Crippen LogP contribution in [0.4, 0.5) is 0 Å². The first kappa shape index (κ1) is 20.0. The van der Waals surface area contributed by atoms with Crippen molar-refractivity contribution in [2.24, 2.45) is 17.8 Å². The fraction of sp³-hybridized carbons (Fsp3) is 0.652. The summed E-state index contributed by atoms with van der Waals surface area (Å²) in [4.78, 5) is 25.4. The molecular weight excluding hydrogens is 370 g/mol. The summed E-state index contributed by atoms with van der Waals surface area (Å²) in [5, 5.41) is 3.27. The maximum absolute atomic E-state index is 12.8. The van der Waals surface area contributed by atoms with E-state index in [4.69, 9.17) is 14.2 Å². The molecule has 4 aliphatic carbocycles. The Hall–Kier alpha value is -2.24. The zero-order valence-electron chi connectivity index (χ0n) is 17.5. The van der Waals surface area contributed by atoms with Crippen molar-refractivity contribution in [3.8, 4) is 11.5 Å². The highest BCUT2D eigenvalue weighted by molar-refractivity contribution is 5.93. The number of esters is 1. The van der Waals surface area contributed by atoms with Crippen LogP contribution in [0.1, 0.15) is 62.7 Å². The summed E-state index contributed by atoms with van der Waals surface area (Å²) >= 11 is 0. The summed E-state index contributed by atoms with van der Waals surface area (Å²) in [6.45, 7) is 3.96. The largest absolute Gasteiger partial charge is 0.493 e. The highest BCUT2D eigenvalue weighted by Gasteiger charge is 2.51. The van der Waals surface area contributed by atoms with Gasteiger partial charge in [0.2, 0.25) is 0 Å². The molecule has 1 aromatic carbocycles. The summed E-state index contributed by atoms with van der Waals surface area (Å²) in [5.74, 6) is 2.54. The smallest absolute Gasteiger partial charge is 0.339 e. The highest BCUT2D eigenvalue weighted by atomic mass is 16.5. The average Bonchev–Trinajstić information content (AvgIpc) is 2.66. The second kappa shape index (κ2) is 7.88. The minimum atomic E-state index is -0.840. The Kier molecular flexibility index (Phi) is 5.45. The maximum atomic E-state index is 12.8. The van der Waals surface area contributed by atoms with E-state index in [9.17, 15) is 9.59 Å². The van der Waals surface area contributed by atoms with Gasteiger partial charge in [-0.05, 0) is 88.3 Å². The van der Waals surface area contributed by atoms with Crippen molar-refractivity contribution in [1.29, 1.82) is 0 Å². The lowest BCUT2D eigenvalue weighted by Crippen LogP contribution is -2.61. The first-order valence-electron chi connectivity index (χ1n) is 10.7. The predicted molar refractivity (Wildman–Crippen MR) is 108 cm³/mol. The molecule has 0 heterocycles. The van der Waals surface area contributed by atoms with Gasteiger partial charge >= 0.3 is 5.97 Å². The van der Waals surface area contributed by atoms with Crippen LogP contribution in [0, 0.1) is 17.8 Å². The molecule has 1 N–H and O–H groups in total. The Balaban J connectivity index is 1.39. The number of carbonyl (C=O) groups is 2. The zero-order valence-corrected chi connectivity index (χ0v) is 17.5. The topological polar surface area (TPSA) is 73.9 Å². The highest BCUT2D eigenvalue weighted by Crippen LogP contribution is 2.55. The van der Waals surface area contributed by atoms with Gasteiger partial charge < -0.3 is 19.5 Å². The number of rotatable bonds is 7. The second-order valence-electron chi connectivity index (χ2n) is 9.03. The van der Waals surface area contributed by atoms with Crippen molar-refractivity contribution in [3.63, 3.8) is 0 Å². The van der Waals surface area contributed by atoms with Crippen LogP contribution in [0.3, 0.4) is 0 Å². The summed E-state index contributed by atoms with van der Waals surface area (Å²) in [5.41, 5.74) is 0.248. The SMILES string of the molecule is CCOc1cc(C(=O)O[C@@H](C)C(=O)NC23CC4CC(CC(C4)C2)C3)ccc1OC. The van der Waals surface area contributed by atoms with Crippen LogP contribution in [0.25, 0.3) is 0 Å². The lowest BCUT2D eigenvalue weighted by atomic mass is 9.53. The van der Waals surface area contributed by atoms with Crippen molar-refractivity contribution in [2.45, 2.75) is 64.0 Å². The van der Waals surface area contributed by atoms with Gasteiger partial charge in [0.05, 0.1) is 19.3 Å². The molecule has 0 saturated heterocycles. The molecule has 4 fully saturated rings. The molecule has 158 valence electrons. The lowest BCUT2D eigenvalue weighted by Gasteiger charge is -2.57. The average molecular weight is 402 g/mol. The summed E-state index contributed by atoms with van der Waals surface area (Å²) in [6, 6.07) is 4.88. The molecule has 6 nitrogen and oxygen atoms in total. The third-order valence-electron chi connectivity index (χ3n) is 6.78. The molecule has 1 aromatic rings. The lowest BCUT2D eigenvalue weighted by molar-refractivity contribution is -0.134. The van der Waals surface area contributed by atoms with E-state index in [1.165, 1.54) is 19.3 Å². The molecular formula is C23H31NO5. The third-order valence-corrected chi connectivity index (χ3v) is 6.78. The third kappa shape index (κ3) is 4.07. The molecule has 1 atom stereocenters. The standard InChI is InChI=1S/C23H31NO5/c1-4-28-20-10-18(5-6-19(20)27-3)22(26)29-14(2)21(25)24-23-11-15-7-16(12-23)9-17(8-15)13-23/h5-6,10,14-17H,4,7-9,11-13H2,1-3H3,(H,24,25)/t14-,15?,16?,17?,23?/m0/s1. The van der Waals surface area contributed by atoms with Gasteiger partial charge in [-0.2, -0.15) is 0 Å². The van der Waals surface area contributed by atoms with E-state index in [-0.39, 0.29) is 11.4 Å². The van der Waals surface area contributed by atoms with E-state index in [0.29, 0.717) is 23.7 Å². The van der Waals surface area contributed by atoms with Crippen LogP contribution in [-0.4, -0.2) is 37.2 Å². The van der Waals surface area contributed by atoms with E-state index < -0.39 is 12.1 Å². The van der Waals surface area contributed by atoms with Crippen molar-refractivity contribution < 1.29 is 23.8 Å². The van der Waals surface area contributed by atoms with Gasteiger partial charge in [-0.1, -0.05) is 0 Å². The van der Waals surface area contributed by atoms with Crippen molar-refractivity contribution in [3.05, 3.63) is 23.8 Å². The second-order valence-corrected chi connectivity index (χ2v) is 9.03. The molecule has 0 spiro atoms. The summed E-state index contributed by atoms with van der Waals surface area (Å²) < 4.78 is 16.2. The van der Waals surface area contributed by atoms with Crippen molar-refractivity contribution in [2.75, 3.05) is 13.7 Å². The quantitative estimate of drug-likeness (QED) is 0.705. The molecule has 4 bridgehead atoms. The number of hydrogen-bond acceptors (Lipinski definition) is 5. The van der Waals surface area contributed by atoms with Gasteiger partial charge in [-0.15, -0.1) is 0 Å². The molecule has 4 aliphatic rings. The molecule has 1 amide bonds. The van der Waals surface area contributed by atoms with Gasteiger partial charge in [0.1, 0.15) is 0 Å². The van der Waals surface area contributed by atoms with Crippen molar-refractivity contribution in [1.82, 2.24) is 5.32 Å². The molecule has 0 aromatic heterocycles. The Morgan fingerprint density at radius 1 is 1.10 bits per heavy atom. The van der Waals surface area contributed by atoms with Gasteiger partial charge in [0.15, 0.2) is 17.6 Å². The van der Waals surface area contributed by atoms with Gasteiger partial charge in [0.25, 0.3) is 5.91 Å². The Bertz CT molecular complexity index is 754.